The highest BCUT2D eigenvalue weighted by Gasteiger charge is 2.12. The molecule has 17 heavy (non-hydrogen) atoms. The molecule has 0 radical (unpaired) electrons. The predicted octanol–water partition coefficient (Wildman–Crippen LogP) is 2.27. The minimum atomic E-state index is -3.69. The van der Waals surface area contributed by atoms with Gasteiger partial charge < -0.3 is 5.11 Å². The topological polar surface area (TPSA) is 71.4 Å². The van der Waals surface area contributed by atoms with Crippen LogP contribution in [0.15, 0.2) is 29.2 Å². The van der Waals surface area contributed by atoms with E-state index in [1.165, 1.54) is 12.1 Å². The van der Waals surface area contributed by atoms with E-state index in [1.807, 2.05) is 0 Å². The van der Waals surface area contributed by atoms with E-state index in [2.05, 4.69) is 0 Å². The van der Waals surface area contributed by atoms with Crippen molar-refractivity contribution < 1.29 is 18.3 Å². The van der Waals surface area contributed by atoms with Crippen LogP contribution in [0.2, 0.25) is 0 Å². The van der Waals surface area contributed by atoms with Crippen molar-refractivity contribution in [2.75, 3.05) is 0 Å². The molecule has 1 atom stereocenters. The maximum Gasteiger partial charge on any atom is 0.306 e. The molecule has 0 aliphatic heterocycles. The number of aliphatic carboxylic acids is 1. The predicted molar refractivity (Wildman–Crippen MR) is 64.6 cm³/mol. The summed E-state index contributed by atoms with van der Waals surface area (Å²) >= 11 is 0. The Morgan fingerprint density at radius 2 is 1.88 bits per heavy atom. The van der Waals surface area contributed by atoms with Crippen LogP contribution >= 0.6 is 10.7 Å². The lowest BCUT2D eigenvalue weighted by molar-refractivity contribution is -0.141. The first-order chi connectivity index (χ1) is 7.80. The summed E-state index contributed by atoms with van der Waals surface area (Å²) < 4.78 is 22.0. The normalized spacial score (nSPS) is 13.3. The number of aryl methyl sites for hydroxylation is 1. The fourth-order valence-electron chi connectivity index (χ4n) is 1.33. The Balaban J connectivity index is 2.67. The van der Waals surface area contributed by atoms with Crippen LogP contribution in [-0.4, -0.2) is 19.5 Å². The van der Waals surface area contributed by atoms with E-state index in [0.717, 1.165) is 5.56 Å². The van der Waals surface area contributed by atoms with Crippen LogP contribution in [0, 0.1) is 5.92 Å². The zero-order valence-corrected chi connectivity index (χ0v) is 10.8. The standard InChI is InChI=1S/C11H13ClO4S/c1-8(11(13)14)2-3-9-4-6-10(7-5-9)17(12,15)16/h4-8H,2-3H2,1H3,(H,13,14). The van der Waals surface area contributed by atoms with Gasteiger partial charge in [0.25, 0.3) is 9.05 Å². The fraction of sp³-hybridized carbons (Fsp3) is 0.364. The lowest BCUT2D eigenvalue weighted by Crippen LogP contribution is -2.10. The highest BCUT2D eigenvalue weighted by Crippen LogP contribution is 2.17. The number of benzene rings is 1. The molecule has 0 aromatic heterocycles. The second-order valence-electron chi connectivity index (χ2n) is 3.86. The molecule has 0 heterocycles. The molecule has 1 unspecified atom stereocenters. The van der Waals surface area contributed by atoms with Gasteiger partial charge in [-0.05, 0) is 30.5 Å². The van der Waals surface area contributed by atoms with Crippen molar-refractivity contribution in [3.8, 4) is 0 Å². The van der Waals surface area contributed by atoms with Gasteiger partial charge in [-0.1, -0.05) is 19.1 Å². The van der Waals surface area contributed by atoms with Gasteiger partial charge in [0, 0.05) is 10.7 Å². The Morgan fingerprint density at radius 3 is 2.29 bits per heavy atom. The average Bonchev–Trinajstić information content (AvgIpc) is 2.25. The zero-order valence-electron chi connectivity index (χ0n) is 9.26. The van der Waals surface area contributed by atoms with Crippen LogP contribution in [0.1, 0.15) is 18.9 Å². The SMILES string of the molecule is CC(CCc1ccc(S(=O)(=O)Cl)cc1)C(=O)O. The molecule has 1 aromatic carbocycles. The summed E-state index contributed by atoms with van der Waals surface area (Å²) in [6.45, 7) is 1.64. The number of carboxylic acids is 1. The Bertz CT molecular complexity index is 493. The molecule has 0 spiro atoms. The molecule has 0 aliphatic carbocycles. The van der Waals surface area contributed by atoms with E-state index in [9.17, 15) is 13.2 Å². The van der Waals surface area contributed by atoms with Crippen molar-refractivity contribution >= 4 is 25.7 Å². The molecule has 6 heteroatoms. The van der Waals surface area contributed by atoms with Crippen molar-refractivity contribution in [3.63, 3.8) is 0 Å². The second-order valence-corrected chi connectivity index (χ2v) is 6.43. The molecule has 1 N–H and O–H groups in total. The molecule has 1 rings (SSSR count). The van der Waals surface area contributed by atoms with Gasteiger partial charge in [-0.3, -0.25) is 4.79 Å². The number of hydrogen-bond acceptors (Lipinski definition) is 3. The van der Waals surface area contributed by atoms with Gasteiger partial charge in [-0.15, -0.1) is 0 Å². The van der Waals surface area contributed by atoms with Gasteiger partial charge in [0.15, 0.2) is 0 Å². The van der Waals surface area contributed by atoms with E-state index < -0.39 is 20.9 Å². The minimum Gasteiger partial charge on any atom is -0.481 e. The van der Waals surface area contributed by atoms with Gasteiger partial charge >= 0.3 is 5.97 Å². The van der Waals surface area contributed by atoms with Gasteiger partial charge in [-0.2, -0.15) is 0 Å². The largest absolute Gasteiger partial charge is 0.481 e. The molecule has 0 amide bonds. The number of carbonyl (C=O) groups is 1. The lowest BCUT2D eigenvalue weighted by atomic mass is 10.0. The lowest BCUT2D eigenvalue weighted by Gasteiger charge is -2.06. The monoisotopic (exact) mass is 276 g/mol. The summed E-state index contributed by atoms with van der Waals surface area (Å²) in [6, 6.07) is 6.12. The first-order valence-electron chi connectivity index (χ1n) is 5.07. The van der Waals surface area contributed by atoms with E-state index >= 15 is 0 Å². The van der Waals surface area contributed by atoms with Crippen LogP contribution in [0.5, 0.6) is 0 Å². The molecule has 0 saturated carbocycles. The van der Waals surface area contributed by atoms with Gasteiger partial charge in [-0.25, -0.2) is 8.42 Å². The Labute approximate surface area is 105 Å². The van der Waals surface area contributed by atoms with Gasteiger partial charge in [0.2, 0.25) is 0 Å². The molecule has 0 bridgehead atoms. The van der Waals surface area contributed by atoms with Crippen LogP contribution in [-0.2, 0) is 20.3 Å². The molecule has 4 nitrogen and oxygen atoms in total. The Hall–Kier alpha value is -1.07. The third-order valence-corrected chi connectivity index (χ3v) is 3.86. The number of hydrogen-bond donors (Lipinski definition) is 1. The molecule has 0 fully saturated rings. The van der Waals surface area contributed by atoms with Crippen molar-refractivity contribution in [1.82, 2.24) is 0 Å². The number of halogens is 1. The van der Waals surface area contributed by atoms with Crippen LogP contribution in [0.25, 0.3) is 0 Å². The fourth-order valence-corrected chi connectivity index (χ4v) is 2.10. The molecule has 0 saturated heterocycles. The maximum atomic E-state index is 11.0. The summed E-state index contributed by atoms with van der Waals surface area (Å²) in [4.78, 5) is 10.7. The van der Waals surface area contributed by atoms with Crippen molar-refractivity contribution in [2.24, 2.45) is 5.92 Å². The number of rotatable bonds is 5. The molecular formula is C11H13ClO4S. The first-order valence-corrected chi connectivity index (χ1v) is 7.38. The highest BCUT2D eigenvalue weighted by atomic mass is 35.7. The summed E-state index contributed by atoms with van der Waals surface area (Å²) in [5.74, 6) is -1.24. The third kappa shape index (κ3) is 4.36. The number of carboxylic acid groups (broad SMARTS) is 1. The summed E-state index contributed by atoms with van der Waals surface area (Å²) in [5, 5.41) is 8.71. The second kappa shape index (κ2) is 5.51. The average molecular weight is 277 g/mol. The van der Waals surface area contributed by atoms with Gasteiger partial charge in [0.1, 0.15) is 0 Å². The van der Waals surface area contributed by atoms with Crippen LogP contribution < -0.4 is 0 Å². The summed E-state index contributed by atoms with van der Waals surface area (Å²) in [6.07, 6.45) is 1.11. The highest BCUT2D eigenvalue weighted by molar-refractivity contribution is 8.13. The minimum absolute atomic E-state index is 0.0502. The third-order valence-electron chi connectivity index (χ3n) is 2.49. The van der Waals surface area contributed by atoms with E-state index in [0.29, 0.717) is 12.8 Å². The Morgan fingerprint density at radius 1 is 1.35 bits per heavy atom. The maximum absolute atomic E-state index is 11.0. The van der Waals surface area contributed by atoms with Crippen molar-refractivity contribution in [1.29, 1.82) is 0 Å². The Kier molecular flexibility index (Phi) is 4.54. The van der Waals surface area contributed by atoms with E-state index in [-0.39, 0.29) is 4.90 Å². The van der Waals surface area contributed by atoms with Crippen molar-refractivity contribution in [3.05, 3.63) is 29.8 Å². The summed E-state index contributed by atoms with van der Waals surface area (Å²) in [7, 11) is 1.49. The van der Waals surface area contributed by atoms with Gasteiger partial charge in [0.05, 0.1) is 10.8 Å². The smallest absolute Gasteiger partial charge is 0.306 e. The molecule has 1 aromatic rings. The summed E-state index contributed by atoms with van der Waals surface area (Å²) in [5.41, 5.74) is 0.891. The van der Waals surface area contributed by atoms with Crippen LogP contribution in [0.4, 0.5) is 0 Å². The molecule has 0 aliphatic rings. The van der Waals surface area contributed by atoms with Crippen molar-refractivity contribution in [2.45, 2.75) is 24.7 Å². The van der Waals surface area contributed by atoms with Crippen LogP contribution in [0.3, 0.4) is 0 Å². The van der Waals surface area contributed by atoms with E-state index in [4.69, 9.17) is 15.8 Å². The first kappa shape index (κ1) is 14.0. The quantitative estimate of drug-likeness (QED) is 0.838. The molecule has 94 valence electrons. The molecular weight excluding hydrogens is 264 g/mol. The van der Waals surface area contributed by atoms with E-state index in [1.54, 1.807) is 19.1 Å². The zero-order chi connectivity index (χ0) is 13.1.